The van der Waals surface area contributed by atoms with Crippen molar-refractivity contribution < 1.29 is 9.34 Å². The minimum absolute atomic E-state index is 0.0499. The van der Waals surface area contributed by atoms with Crippen LogP contribution in [0.25, 0.3) is 11.0 Å². The van der Waals surface area contributed by atoms with Crippen molar-refractivity contribution in [3.63, 3.8) is 0 Å². The Bertz CT molecular complexity index is 685. The van der Waals surface area contributed by atoms with Gasteiger partial charge < -0.3 is 4.42 Å². The van der Waals surface area contributed by atoms with Gasteiger partial charge in [0.15, 0.2) is 5.43 Å². The molecule has 5 heteroatoms. The van der Waals surface area contributed by atoms with Gasteiger partial charge in [-0.25, -0.2) is 0 Å². The Morgan fingerprint density at radius 2 is 1.88 bits per heavy atom. The molecule has 2 aromatic rings. The van der Waals surface area contributed by atoms with E-state index >= 15 is 0 Å². The highest BCUT2D eigenvalue weighted by Crippen LogP contribution is 2.28. The lowest BCUT2D eigenvalue weighted by Gasteiger charge is -2.05. The predicted octanol–water partition coefficient (Wildman–Crippen LogP) is 2.63. The van der Waals surface area contributed by atoms with Crippen LogP contribution in [0.3, 0.4) is 0 Å². The van der Waals surface area contributed by atoms with Crippen LogP contribution in [0.2, 0.25) is 0 Å². The van der Waals surface area contributed by atoms with Crippen LogP contribution in [-0.4, -0.2) is 4.92 Å². The van der Waals surface area contributed by atoms with E-state index in [2.05, 4.69) is 0 Å². The molecule has 1 heterocycles. The maximum absolute atomic E-state index is 11.9. The fraction of sp³-hybridized carbons (Fsp3) is 0.250. The van der Waals surface area contributed by atoms with Gasteiger partial charge in [0.05, 0.1) is 10.3 Å². The average molecular weight is 233 g/mol. The summed E-state index contributed by atoms with van der Waals surface area (Å²) in [6.45, 7) is 4.93. The van der Waals surface area contributed by atoms with Gasteiger partial charge in [-0.1, -0.05) is 0 Å². The van der Waals surface area contributed by atoms with Crippen LogP contribution < -0.4 is 5.43 Å². The second-order valence-electron chi connectivity index (χ2n) is 4.02. The highest BCUT2D eigenvalue weighted by molar-refractivity contribution is 5.86. The fourth-order valence-electron chi connectivity index (χ4n) is 1.94. The number of benzene rings is 1. The van der Waals surface area contributed by atoms with Gasteiger partial charge in [-0.2, -0.15) is 0 Å². The molecule has 0 aliphatic heterocycles. The number of hydrogen-bond donors (Lipinski definition) is 0. The van der Waals surface area contributed by atoms with Crippen molar-refractivity contribution in [2.75, 3.05) is 0 Å². The van der Waals surface area contributed by atoms with Crippen molar-refractivity contribution in [1.82, 2.24) is 0 Å². The largest absolute Gasteiger partial charge is 0.461 e. The van der Waals surface area contributed by atoms with E-state index in [-0.39, 0.29) is 11.1 Å². The summed E-state index contributed by atoms with van der Waals surface area (Å²) in [5.41, 5.74) is 1.08. The van der Waals surface area contributed by atoms with E-state index in [1.807, 2.05) is 0 Å². The van der Waals surface area contributed by atoms with Crippen LogP contribution in [0.1, 0.15) is 16.9 Å². The van der Waals surface area contributed by atoms with Gasteiger partial charge in [0.1, 0.15) is 11.3 Å². The molecule has 17 heavy (non-hydrogen) atoms. The monoisotopic (exact) mass is 233 g/mol. The van der Waals surface area contributed by atoms with Crippen LogP contribution in [0.15, 0.2) is 21.3 Å². The highest BCUT2D eigenvalue weighted by Gasteiger charge is 2.19. The zero-order valence-electron chi connectivity index (χ0n) is 9.73. The van der Waals surface area contributed by atoms with Gasteiger partial charge in [0, 0.05) is 17.7 Å². The van der Waals surface area contributed by atoms with Gasteiger partial charge in [-0.15, -0.1) is 0 Å². The van der Waals surface area contributed by atoms with E-state index in [4.69, 9.17) is 4.42 Å². The lowest BCUT2D eigenvalue weighted by Crippen LogP contribution is -2.05. The second-order valence-corrected chi connectivity index (χ2v) is 4.02. The maximum Gasteiger partial charge on any atom is 0.273 e. The summed E-state index contributed by atoms with van der Waals surface area (Å²) in [6.07, 6.45) is 0. The van der Waals surface area contributed by atoms with Crippen molar-refractivity contribution in [3.05, 3.63) is 49.4 Å². The molecule has 0 N–H and O–H groups in total. The molecule has 0 saturated carbocycles. The van der Waals surface area contributed by atoms with E-state index < -0.39 is 4.92 Å². The van der Waals surface area contributed by atoms with Crippen LogP contribution in [0, 0.1) is 30.9 Å². The summed E-state index contributed by atoms with van der Waals surface area (Å²) >= 11 is 0. The van der Waals surface area contributed by atoms with Crippen molar-refractivity contribution in [3.8, 4) is 0 Å². The molecule has 0 atom stereocenters. The number of nitro groups is 1. The zero-order chi connectivity index (χ0) is 12.7. The Labute approximate surface area is 96.8 Å². The topological polar surface area (TPSA) is 73.3 Å². The lowest BCUT2D eigenvalue weighted by atomic mass is 10.0. The molecule has 0 saturated heterocycles. The van der Waals surface area contributed by atoms with Crippen LogP contribution >= 0.6 is 0 Å². The van der Waals surface area contributed by atoms with E-state index in [0.717, 1.165) is 0 Å². The molecular weight excluding hydrogens is 222 g/mol. The number of fused-ring (bicyclic) bond motifs is 1. The summed E-state index contributed by atoms with van der Waals surface area (Å²) in [5.74, 6) is 0.499. The number of aryl methyl sites for hydroxylation is 3. The molecule has 5 nitrogen and oxygen atoms in total. The quantitative estimate of drug-likeness (QED) is 0.560. The van der Waals surface area contributed by atoms with Crippen molar-refractivity contribution >= 4 is 16.7 Å². The standard InChI is InChI=1S/C12H11NO4/c1-6-4-9(13(15)16)8(3)11-10(14)5-7(2)17-12(6)11/h4-5H,1-3H3. The van der Waals surface area contributed by atoms with E-state index in [1.165, 1.54) is 12.1 Å². The van der Waals surface area contributed by atoms with E-state index in [1.54, 1.807) is 20.8 Å². The lowest BCUT2D eigenvalue weighted by molar-refractivity contribution is -0.385. The normalized spacial score (nSPS) is 10.8. The van der Waals surface area contributed by atoms with Crippen molar-refractivity contribution in [2.45, 2.75) is 20.8 Å². The molecule has 88 valence electrons. The van der Waals surface area contributed by atoms with E-state index in [0.29, 0.717) is 27.9 Å². The number of nitro benzene ring substituents is 1. The molecule has 1 aromatic carbocycles. The molecule has 0 spiro atoms. The second kappa shape index (κ2) is 3.69. The molecule has 2 rings (SSSR count). The third-order valence-corrected chi connectivity index (χ3v) is 2.74. The summed E-state index contributed by atoms with van der Waals surface area (Å²) in [4.78, 5) is 22.2. The Balaban J connectivity index is 3.04. The Morgan fingerprint density at radius 1 is 1.24 bits per heavy atom. The molecule has 1 aromatic heterocycles. The van der Waals surface area contributed by atoms with Crippen LogP contribution in [-0.2, 0) is 0 Å². The summed E-state index contributed by atoms with van der Waals surface area (Å²) in [7, 11) is 0. The smallest absolute Gasteiger partial charge is 0.273 e. The fourth-order valence-corrected chi connectivity index (χ4v) is 1.94. The number of rotatable bonds is 1. The number of hydrogen-bond acceptors (Lipinski definition) is 4. The summed E-state index contributed by atoms with van der Waals surface area (Å²) < 4.78 is 5.47. The third-order valence-electron chi connectivity index (χ3n) is 2.74. The van der Waals surface area contributed by atoms with Crippen molar-refractivity contribution in [2.24, 2.45) is 0 Å². The van der Waals surface area contributed by atoms with Gasteiger partial charge in [-0.05, 0) is 26.3 Å². The first-order valence-corrected chi connectivity index (χ1v) is 5.11. The van der Waals surface area contributed by atoms with Gasteiger partial charge >= 0.3 is 0 Å². The van der Waals surface area contributed by atoms with Gasteiger partial charge in [0.25, 0.3) is 5.69 Å². The molecule has 0 fully saturated rings. The molecule has 0 aliphatic rings. The van der Waals surface area contributed by atoms with Crippen LogP contribution in [0.5, 0.6) is 0 Å². The van der Waals surface area contributed by atoms with Crippen molar-refractivity contribution in [1.29, 1.82) is 0 Å². The van der Waals surface area contributed by atoms with E-state index in [9.17, 15) is 14.9 Å². The minimum Gasteiger partial charge on any atom is -0.461 e. The van der Waals surface area contributed by atoms with Crippen LogP contribution in [0.4, 0.5) is 5.69 Å². The zero-order valence-corrected chi connectivity index (χ0v) is 9.73. The first-order valence-electron chi connectivity index (χ1n) is 5.11. The number of nitrogens with zero attached hydrogens (tertiary/aromatic N) is 1. The molecule has 0 bridgehead atoms. The molecule has 0 unspecified atom stereocenters. The first-order chi connectivity index (χ1) is 7.91. The Morgan fingerprint density at radius 3 is 2.47 bits per heavy atom. The Kier molecular flexibility index (Phi) is 2.46. The van der Waals surface area contributed by atoms with Gasteiger partial charge in [0.2, 0.25) is 0 Å². The SMILES string of the molecule is Cc1cc(=O)c2c(C)c([N+](=O)[O-])cc(C)c2o1. The predicted molar refractivity (Wildman–Crippen MR) is 63.3 cm³/mol. The highest BCUT2D eigenvalue weighted by atomic mass is 16.6. The third kappa shape index (κ3) is 1.69. The first kappa shape index (κ1) is 11.3. The Hall–Kier alpha value is -2.17. The van der Waals surface area contributed by atoms with Gasteiger partial charge in [-0.3, -0.25) is 14.9 Å². The minimum atomic E-state index is -0.485. The molecular formula is C12H11NO4. The summed E-state index contributed by atoms with van der Waals surface area (Å²) in [5, 5.41) is 11.2. The maximum atomic E-state index is 11.9. The molecule has 0 radical (unpaired) electrons. The molecule has 0 amide bonds. The summed E-state index contributed by atoms with van der Waals surface area (Å²) in [6, 6.07) is 2.78. The molecule has 0 aliphatic carbocycles. The average Bonchev–Trinajstić information content (AvgIpc) is 2.21.